The van der Waals surface area contributed by atoms with E-state index in [-0.39, 0.29) is 11.9 Å². The summed E-state index contributed by atoms with van der Waals surface area (Å²) in [6.45, 7) is 1.97. The lowest BCUT2D eigenvalue weighted by Crippen LogP contribution is -2.41. The lowest BCUT2D eigenvalue weighted by atomic mass is 9.80. The number of carbonyl (C=O) groups excluding carboxylic acids is 1. The van der Waals surface area contributed by atoms with Crippen LogP contribution in [0.2, 0.25) is 0 Å². The molecule has 20 heavy (non-hydrogen) atoms. The number of hydrogen-bond acceptors (Lipinski definition) is 2. The van der Waals surface area contributed by atoms with E-state index in [0.29, 0.717) is 12.8 Å². The summed E-state index contributed by atoms with van der Waals surface area (Å²) in [5.74, 6) is -0.0988. The molecule has 3 heteroatoms. The van der Waals surface area contributed by atoms with E-state index in [2.05, 4.69) is 11.4 Å². The fraction of sp³-hybridized carbons (Fsp3) is 0.529. The number of hydrogen-bond donors (Lipinski definition) is 1. The van der Waals surface area contributed by atoms with Crippen LogP contribution in [-0.4, -0.2) is 5.91 Å². The Balaban J connectivity index is 2.08. The van der Waals surface area contributed by atoms with Gasteiger partial charge in [0.05, 0.1) is 12.1 Å². The van der Waals surface area contributed by atoms with Crippen LogP contribution in [0.1, 0.15) is 57.1 Å². The molecule has 1 aromatic rings. The molecule has 0 aromatic heterocycles. The van der Waals surface area contributed by atoms with Crippen molar-refractivity contribution in [2.45, 2.75) is 51.5 Å². The summed E-state index contributed by atoms with van der Waals surface area (Å²) in [5, 5.41) is 12.5. The van der Waals surface area contributed by atoms with E-state index in [9.17, 15) is 10.1 Å². The zero-order chi connectivity index (χ0) is 14.4. The van der Waals surface area contributed by atoms with Gasteiger partial charge < -0.3 is 5.32 Å². The summed E-state index contributed by atoms with van der Waals surface area (Å²) in [6, 6.07) is 12.1. The molecule has 106 valence electrons. The zero-order valence-electron chi connectivity index (χ0n) is 12.1. The van der Waals surface area contributed by atoms with Gasteiger partial charge in [-0.1, -0.05) is 56.0 Å². The van der Waals surface area contributed by atoms with Crippen LogP contribution in [0.3, 0.4) is 0 Å². The maximum Gasteiger partial charge on any atom is 0.240 e. The highest BCUT2D eigenvalue weighted by Gasteiger charge is 2.39. The van der Waals surface area contributed by atoms with Crippen LogP contribution in [0.4, 0.5) is 0 Å². The van der Waals surface area contributed by atoms with E-state index in [1.807, 2.05) is 37.3 Å². The van der Waals surface area contributed by atoms with Crippen molar-refractivity contribution in [2.75, 3.05) is 0 Å². The maximum atomic E-state index is 12.6. The van der Waals surface area contributed by atoms with Crippen molar-refractivity contribution in [1.82, 2.24) is 5.32 Å². The van der Waals surface area contributed by atoms with Gasteiger partial charge in [0.15, 0.2) is 0 Å². The third kappa shape index (κ3) is 3.19. The van der Waals surface area contributed by atoms with Crippen LogP contribution >= 0.6 is 0 Å². The maximum absolute atomic E-state index is 12.6. The van der Waals surface area contributed by atoms with Crippen LogP contribution in [0.15, 0.2) is 30.3 Å². The van der Waals surface area contributed by atoms with Crippen molar-refractivity contribution in [3.8, 4) is 6.07 Å². The van der Waals surface area contributed by atoms with Crippen molar-refractivity contribution >= 4 is 5.91 Å². The van der Waals surface area contributed by atoms with Crippen LogP contribution in [0.5, 0.6) is 0 Å². The van der Waals surface area contributed by atoms with Crippen LogP contribution < -0.4 is 5.32 Å². The quantitative estimate of drug-likeness (QED) is 0.851. The fourth-order valence-electron chi connectivity index (χ4n) is 2.88. The van der Waals surface area contributed by atoms with E-state index in [1.54, 1.807) is 0 Å². The summed E-state index contributed by atoms with van der Waals surface area (Å²) in [7, 11) is 0. The monoisotopic (exact) mass is 270 g/mol. The first-order valence-corrected chi connectivity index (χ1v) is 7.45. The molecule has 0 spiro atoms. The van der Waals surface area contributed by atoms with Crippen molar-refractivity contribution in [2.24, 2.45) is 5.41 Å². The molecule has 1 fully saturated rings. The second-order valence-corrected chi connectivity index (χ2v) is 5.71. The van der Waals surface area contributed by atoms with Crippen LogP contribution in [0, 0.1) is 16.7 Å². The Morgan fingerprint density at radius 3 is 2.35 bits per heavy atom. The fourth-order valence-corrected chi connectivity index (χ4v) is 2.88. The predicted octanol–water partition coefficient (Wildman–Crippen LogP) is 3.73. The molecule has 2 rings (SSSR count). The topological polar surface area (TPSA) is 52.9 Å². The molecule has 1 aliphatic carbocycles. The van der Waals surface area contributed by atoms with Crippen molar-refractivity contribution < 1.29 is 4.79 Å². The first-order chi connectivity index (χ1) is 9.68. The molecule has 0 bridgehead atoms. The minimum Gasteiger partial charge on any atom is -0.348 e. The minimum absolute atomic E-state index is 0.0582. The Bertz CT molecular complexity index is 481. The average molecular weight is 270 g/mol. The lowest BCUT2D eigenvalue weighted by molar-refractivity contribution is -0.129. The number of amides is 1. The number of nitriles is 1. The zero-order valence-corrected chi connectivity index (χ0v) is 12.1. The standard InChI is InChI=1S/C17H22N2O/c1-14(15-9-5-4-6-10-15)19-16(20)17(13-18)11-7-2-3-8-12-17/h4-6,9-10,14H,2-3,7-8,11-12H2,1H3,(H,19,20). The van der Waals surface area contributed by atoms with Gasteiger partial charge in [-0.05, 0) is 25.3 Å². The summed E-state index contributed by atoms with van der Waals surface area (Å²) in [6.07, 6.45) is 5.59. The highest BCUT2D eigenvalue weighted by atomic mass is 16.2. The molecule has 0 saturated heterocycles. The predicted molar refractivity (Wildman–Crippen MR) is 78.7 cm³/mol. The molecule has 1 amide bonds. The number of nitrogens with one attached hydrogen (secondary N) is 1. The second kappa shape index (κ2) is 6.56. The van der Waals surface area contributed by atoms with Crippen molar-refractivity contribution in [3.05, 3.63) is 35.9 Å². The number of nitrogens with zero attached hydrogens (tertiary/aromatic N) is 1. The van der Waals surface area contributed by atoms with E-state index >= 15 is 0 Å². The summed E-state index contributed by atoms with van der Waals surface area (Å²) in [5.41, 5.74) is 0.252. The highest BCUT2D eigenvalue weighted by molar-refractivity contribution is 5.85. The van der Waals surface area contributed by atoms with Gasteiger partial charge >= 0.3 is 0 Å². The number of benzene rings is 1. The summed E-state index contributed by atoms with van der Waals surface area (Å²) in [4.78, 5) is 12.6. The van der Waals surface area contributed by atoms with Crippen LogP contribution in [0.25, 0.3) is 0 Å². The molecule has 1 aliphatic rings. The van der Waals surface area contributed by atoms with E-state index in [1.165, 1.54) is 0 Å². The van der Waals surface area contributed by atoms with Gasteiger partial charge in [0.25, 0.3) is 0 Å². The molecule has 1 saturated carbocycles. The van der Waals surface area contributed by atoms with E-state index in [0.717, 1.165) is 31.2 Å². The molecule has 0 radical (unpaired) electrons. The van der Waals surface area contributed by atoms with Gasteiger partial charge in [0, 0.05) is 0 Å². The van der Waals surface area contributed by atoms with E-state index in [4.69, 9.17) is 0 Å². The Morgan fingerprint density at radius 2 is 1.80 bits per heavy atom. The molecular weight excluding hydrogens is 248 g/mol. The Labute approximate surface area is 121 Å². The molecule has 3 nitrogen and oxygen atoms in total. The molecule has 1 atom stereocenters. The number of carbonyl (C=O) groups is 1. The molecule has 1 N–H and O–H groups in total. The average Bonchev–Trinajstić information content (AvgIpc) is 2.74. The first-order valence-electron chi connectivity index (χ1n) is 7.45. The van der Waals surface area contributed by atoms with Crippen LogP contribution in [-0.2, 0) is 4.79 Å². The second-order valence-electron chi connectivity index (χ2n) is 5.71. The minimum atomic E-state index is -0.820. The van der Waals surface area contributed by atoms with Gasteiger partial charge in [-0.3, -0.25) is 4.79 Å². The molecule has 1 unspecified atom stereocenters. The van der Waals surface area contributed by atoms with Gasteiger partial charge in [0.2, 0.25) is 5.91 Å². The molecule has 0 aliphatic heterocycles. The van der Waals surface area contributed by atoms with E-state index < -0.39 is 5.41 Å². The third-order valence-electron chi connectivity index (χ3n) is 4.25. The largest absolute Gasteiger partial charge is 0.348 e. The van der Waals surface area contributed by atoms with Gasteiger partial charge in [-0.25, -0.2) is 0 Å². The Kier molecular flexibility index (Phi) is 4.79. The highest BCUT2D eigenvalue weighted by Crippen LogP contribution is 2.35. The normalized spacial score (nSPS) is 19.4. The Hall–Kier alpha value is -1.82. The van der Waals surface area contributed by atoms with Gasteiger partial charge in [0.1, 0.15) is 5.41 Å². The molecular formula is C17H22N2O. The van der Waals surface area contributed by atoms with Gasteiger partial charge in [-0.2, -0.15) is 5.26 Å². The van der Waals surface area contributed by atoms with Crippen molar-refractivity contribution in [3.63, 3.8) is 0 Å². The molecule has 1 aromatic carbocycles. The van der Waals surface area contributed by atoms with Gasteiger partial charge in [-0.15, -0.1) is 0 Å². The number of rotatable bonds is 3. The smallest absolute Gasteiger partial charge is 0.240 e. The SMILES string of the molecule is CC(NC(=O)C1(C#N)CCCCCC1)c1ccccc1. The lowest BCUT2D eigenvalue weighted by Gasteiger charge is -2.26. The summed E-state index contributed by atoms with van der Waals surface area (Å²) >= 11 is 0. The van der Waals surface area contributed by atoms with Crippen molar-refractivity contribution in [1.29, 1.82) is 5.26 Å². The summed E-state index contributed by atoms with van der Waals surface area (Å²) < 4.78 is 0. The molecule has 0 heterocycles. The first kappa shape index (κ1) is 14.6. The third-order valence-corrected chi connectivity index (χ3v) is 4.25. The Morgan fingerprint density at radius 1 is 1.20 bits per heavy atom.